The van der Waals surface area contributed by atoms with Crippen LogP contribution < -0.4 is 15.8 Å². The minimum atomic E-state index is -0.509. The van der Waals surface area contributed by atoms with Crippen LogP contribution in [0.4, 0.5) is 10.5 Å². The van der Waals surface area contributed by atoms with Crippen molar-refractivity contribution in [2.24, 2.45) is 5.41 Å². The van der Waals surface area contributed by atoms with E-state index in [4.69, 9.17) is 26.8 Å². The number of carbonyl (C=O) groups excluding carboxylic acids is 1. The van der Waals surface area contributed by atoms with Gasteiger partial charge in [-0.2, -0.15) is 0 Å². The molecule has 0 aliphatic heterocycles. The molecule has 150 valence electrons. The molecular formula is C21H26ClN3O3. The number of nitrogens with zero attached hydrogens (tertiary/aromatic N) is 1. The molecule has 1 heterocycles. The molecule has 1 fully saturated rings. The number of hydrogen-bond donors (Lipinski definition) is 2. The van der Waals surface area contributed by atoms with Gasteiger partial charge < -0.3 is 20.5 Å². The largest absolute Gasteiger partial charge is 0.491 e. The van der Waals surface area contributed by atoms with E-state index in [-0.39, 0.29) is 5.41 Å². The van der Waals surface area contributed by atoms with Gasteiger partial charge in [0.15, 0.2) is 0 Å². The van der Waals surface area contributed by atoms with Gasteiger partial charge >= 0.3 is 6.09 Å². The van der Waals surface area contributed by atoms with E-state index in [0.717, 1.165) is 24.0 Å². The number of amides is 1. The highest BCUT2D eigenvalue weighted by molar-refractivity contribution is 6.32. The van der Waals surface area contributed by atoms with Crippen molar-refractivity contribution >= 4 is 23.4 Å². The number of benzene rings is 1. The summed E-state index contributed by atoms with van der Waals surface area (Å²) >= 11 is 6.25. The van der Waals surface area contributed by atoms with Gasteiger partial charge in [-0.3, -0.25) is 0 Å². The summed E-state index contributed by atoms with van der Waals surface area (Å²) in [5, 5.41) is 3.25. The number of ether oxygens (including phenoxy) is 2. The van der Waals surface area contributed by atoms with Crippen LogP contribution in [0.3, 0.4) is 0 Å². The number of hydrogen-bond acceptors (Lipinski definition) is 5. The highest BCUT2D eigenvalue weighted by Gasteiger charge is 2.44. The van der Waals surface area contributed by atoms with Crippen molar-refractivity contribution in [3.63, 3.8) is 0 Å². The molecule has 0 radical (unpaired) electrons. The van der Waals surface area contributed by atoms with Crippen LogP contribution in [-0.2, 0) is 4.74 Å². The van der Waals surface area contributed by atoms with Crippen molar-refractivity contribution in [1.29, 1.82) is 0 Å². The Kier molecular flexibility index (Phi) is 5.70. The summed E-state index contributed by atoms with van der Waals surface area (Å²) < 4.78 is 11.3. The molecule has 7 heteroatoms. The molecule has 3 rings (SSSR count). The molecule has 0 bridgehead atoms. The predicted octanol–water partition coefficient (Wildman–Crippen LogP) is 4.67. The maximum atomic E-state index is 11.9. The Labute approximate surface area is 170 Å². The third-order valence-electron chi connectivity index (χ3n) is 4.54. The third kappa shape index (κ3) is 5.52. The van der Waals surface area contributed by atoms with Gasteiger partial charge in [0.25, 0.3) is 0 Å². The first-order valence-corrected chi connectivity index (χ1v) is 9.65. The van der Waals surface area contributed by atoms with Crippen molar-refractivity contribution in [1.82, 2.24) is 10.3 Å². The average Bonchev–Trinajstić information content (AvgIpc) is 3.39. The van der Waals surface area contributed by atoms with Gasteiger partial charge in [0.2, 0.25) is 0 Å². The monoisotopic (exact) mass is 403 g/mol. The number of anilines is 1. The SMILES string of the molecule is CC(C)(C)OC(=O)NCC1(COc2cnc(Cl)c(-c3ccc(N)cc3)c2)CC1. The van der Waals surface area contributed by atoms with E-state index in [0.29, 0.717) is 29.7 Å². The highest BCUT2D eigenvalue weighted by Crippen LogP contribution is 2.45. The van der Waals surface area contributed by atoms with Crippen molar-refractivity contribution in [2.45, 2.75) is 39.2 Å². The summed E-state index contributed by atoms with van der Waals surface area (Å²) in [5.74, 6) is 0.639. The Morgan fingerprint density at radius 1 is 1.29 bits per heavy atom. The van der Waals surface area contributed by atoms with Gasteiger partial charge in [-0.15, -0.1) is 0 Å². The fourth-order valence-corrected chi connectivity index (χ4v) is 2.94. The normalized spacial score (nSPS) is 15.0. The first kappa shape index (κ1) is 20.3. The fourth-order valence-electron chi connectivity index (χ4n) is 2.73. The minimum absolute atomic E-state index is 0.0576. The number of nitrogen functional groups attached to an aromatic ring is 1. The van der Waals surface area contributed by atoms with Crippen molar-refractivity contribution in [2.75, 3.05) is 18.9 Å². The minimum Gasteiger partial charge on any atom is -0.491 e. The maximum Gasteiger partial charge on any atom is 0.407 e. The standard InChI is InChI=1S/C21H26ClN3O3/c1-20(2,3)28-19(26)25-12-21(8-9-21)13-27-16-10-17(18(22)24-11-16)14-4-6-15(23)7-5-14/h4-7,10-11H,8-9,12-13,23H2,1-3H3,(H,25,26). The lowest BCUT2D eigenvalue weighted by Crippen LogP contribution is -2.37. The molecule has 1 aliphatic rings. The Morgan fingerprint density at radius 3 is 2.57 bits per heavy atom. The lowest BCUT2D eigenvalue weighted by molar-refractivity contribution is 0.0509. The summed E-state index contributed by atoms with van der Waals surface area (Å²) in [6, 6.07) is 9.31. The van der Waals surface area contributed by atoms with Gasteiger partial charge in [-0.05, 0) is 57.4 Å². The van der Waals surface area contributed by atoms with Crippen molar-refractivity contribution in [3.05, 3.63) is 41.7 Å². The van der Waals surface area contributed by atoms with E-state index in [1.54, 1.807) is 6.20 Å². The second-order valence-corrected chi connectivity index (χ2v) is 8.63. The number of nitrogens with one attached hydrogen (secondary N) is 1. The second-order valence-electron chi connectivity index (χ2n) is 8.28. The van der Waals surface area contributed by atoms with E-state index < -0.39 is 11.7 Å². The van der Waals surface area contributed by atoms with Crippen LogP contribution in [0, 0.1) is 5.41 Å². The summed E-state index contributed by atoms with van der Waals surface area (Å²) in [6.45, 7) is 6.54. The second kappa shape index (κ2) is 7.87. The quantitative estimate of drug-likeness (QED) is 0.540. The Balaban J connectivity index is 1.59. The zero-order chi connectivity index (χ0) is 20.4. The van der Waals surface area contributed by atoms with Gasteiger partial charge in [0.1, 0.15) is 16.5 Å². The Morgan fingerprint density at radius 2 is 1.96 bits per heavy atom. The summed E-state index contributed by atoms with van der Waals surface area (Å²) in [7, 11) is 0. The number of rotatable bonds is 6. The lowest BCUT2D eigenvalue weighted by atomic mass is 10.1. The van der Waals surface area contributed by atoms with E-state index >= 15 is 0 Å². The molecule has 6 nitrogen and oxygen atoms in total. The molecule has 0 saturated heterocycles. The van der Waals surface area contributed by atoms with E-state index in [1.165, 1.54) is 0 Å². The zero-order valence-electron chi connectivity index (χ0n) is 16.4. The zero-order valence-corrected chi connectivity index (χ0v) is 17.2. The number of halogens is 1. The summed E-state index contributed by atoms with van der Waals surface area (Å²) in [4.78, 5) is 16.1. The van der Waals surface area contributed by atoms with Gasteiger partial charge in [-0.25, -0.2) is 9.78 Å². The van der Waals surface area contributed by atoms with Gasteiger partial charge in [0, 0.05) is 23.2 Å². The molecule has 1 aromatic carbocycles. The number of nitrogens with two attached hydrogens (primary N) is 1. The van der Waals surface area contributed by atoms with Crippen LogP contribution in [0.25, 0.3) is 11.1 Å². The van der Waals surface area contributed by atoms with Crippen LogP contribution in [-0.4, -0.2) is 29.8 Å². The number of pyridine rings is 1. The number of alkyl carbamates (subject to hydrolysis) is 1. The smallest absolute Gasteiger partial charge is 0.407 e. The van der Waals surface area contributed by atoms with Gasteiger partial charge in [0.05, 0.1) is 12.8 Å². The molecule has 0 unspecified atom stereocenters. The molecular weight excluding hydrogens is 378 g/mol. The Hall–Kier alpha value is -2.47. The predicted molar refractivity (Wildman–Crippen MR) is 110 cm³/mol. The molecule has 1 aromatic heterocycles. The summed E-state index contributed by atoms with van der Waals surface area (Å²) in [6.07, 6.45) is 3.20. The topological polar surface area (TPSA) is 86.5 Å². The van der Waals surface area contributed by atoms with Crippen LogP contribution in [0.2, 0.25) is 5.15 Å². The molecule has 2 aromatic rings. The Bertz CT molecular complexity index is 843. The van der Waals surface area contributed by atoms with Crippen molar-refractivity contribution < 1.29 is 14.3 Å². The lowest BCUT2D eigenvalue weighted by Gasteiger charge is -2.22. The first-order valence-electron chi connectivity index (χ1n) is 9.27. The molecule has 0 spiro atoms. The fraction of sp³-hybridized carbons (Fsp3) is 0.429. The average molecular weight is 404 g/mol. The van der Waals surface area contributed by atoms with Crippen LogP contribution in [0.15, 0.2) is 36.5 Å². The van der Waals surface area contributed by atoms with E-state index in [2.05, 4.69) is 10.3 Å². The van der Waals surface area contributed by atoms with E-state index in [1.807, 2.05) is 51.1 Å². The van der Waals surface area contributed by atoms with Crippen LogP contribution >= 0.6 is 11.6 Å². The molecule has 0 atom stereocenters. The van der Waals surface area contributed by atoms with Crippen LogP contribution in [0.5, 0.6) is 5.75 Å². The first-order chi connectivity index (χ1) is 13.2. The third-order valence-corrected chi connectivity index (χ3v) is 4.85. The molecule has 1 saturated carbocycles. The highest BCUT2D eigenvalue weighted by atomic mass is 35.5. The number of aromatic nitrogens is 1. The number of carbonyl (C=O) groups is 1. The maximum absolute atomic E-state index is 11.9. The van der Waals surface area contributed by atoms with Crippen LogP contribution in [0.1, 0.15) is 33.6 Å². The molecule has 28 heavy (non-hydrogen) atoms. The molecule has 1 amide bonds. The van der Waals surface area contributed by atoms with E-state index in [9.17, 15) is 4.79 Å². The van der Waals surface area contributed by atoms with Crippen molar-refractivity contribution in [3.8, 4) is 16.9 Å². The molecule has 3 N–H and O–H groups in total. The summed E-state index contributed by atoms with van der Waals surface area (Å²) in [5.41, 5.74) is 7.58. The van der Waals surface area contributed by atoms with Gasteiger partial charge in [-0.1, -0.05) is 23.7 Å². The molecule has 1 aliphatic carbocycles.